The lowest BCUT2D eigenvalue weighted by Gasteiger charge is -2.25. The Hall–Kier alpha value is -2.96. The van der Waals surface area contributed by atoms with Gasteiger partial charge in [0, 0.05) is 23.6 Å². The minimum atomic E-state index is -0.567. The summed E-state index contributed by atoms with van der Waals surface area (Å²) in [6, 6.07) is 4.89. The summed E-state index contributed by atoms with van der Waals surface area (Å²) < 4.78 is 26.5. The second-order valence-corrected chi connectivity index (χ2v) is 5.60. The number of benzene rings is 1. The molecule has 3 rings (SSSR count). The van der Waals surface area contributed by atoms with Crippen LogP contribution >= 0.6 is 0 Å². The summed E-state index contributed by atoms with van der Waals surface area (Å²) in [5.41, 5.74) is 0.370. The van der Waals surface area contributed by atoms with Crippen molar-refractivity contribution in [3.8, 4) is 23.0 Å². The zero-order chi connectivity index (χ0) is 18.1. The van der Waals surface area contributed by atoms with Crippen molar-refractivity contribution in [2.75, 3.05) is 21.3 Å². The van der Waals surface area contributed by atoms with E-state index in [4.69, 9.17) is 23.4 Å². The Labute approximate surface area is 144 Å². The number of aryl methyl sites for hydroxylation is 1. The number of carbonyl (C=O) groups is 1. The van der Waals surface area contributed by atoms with Crippen molar-refractivity contribution in [1.29, 1.82) is 0 Å². The number of carbonyl (C=O) groups excluding carboxylic acids is 1. The standard InChI is InChI=1S/C18H18O7/c1-9-5-15-17(18(20)24-9)11(7-16(19)25-15)10-6-13(22-3)14(23-4)8-12(10)21-2/h5-6,8,11H,7H2,1-4H3/t11-/m1/s1. The third kappa shape index (κ3) is 2.93. The van der Waals surface area contributed by atoms with Crippen LogP contribution in [0.15, 0.2) is 27.4 Å². The normalized spacial score (nSPS) is 16.0. The van der Waals surface area contributed by atoms with Crippen LogP contribution in [0.25, 0.3) is 0 Å². The molecule has 0 radical (unpaired) electrons. The maximum Gasteiger partial charge on any atom is 0.343 e. The lowest BCUT2D eigenvalue weighted by atomic mass is 9.86. The van der Waals surface area contributed by atoms with E-state index in [-0.39, 0.29) is 17.7 Å². The van der Waals surface area contributed by atoms with Crippen LogP contribution in [0.3, 0.4) is 0 Å². The Morgan fingerprint density at radius 2 is 1.60 bits per heavy atom. The molecule has 0 spiro atoms. The summed E-state index contributed by atoms with van der Waals surface area (Å²) >= 11 is 0. The monoisotopic (exact) mass is 346 g/mol. The van der Waals surface area contributed by atoms with Crippen molar-refractivity contribution >= 4 is 5.97 Å². The Morgan fingerprint density at radius 1 is 0.960 bits per heavy atom. The molecule has 0 saturated heterocycles. The van der Waals surface area contributed by atoms with E-state index in [0.717, 1.165) is 0 Å². The van der Waals surface area contributed by atoms with E-state index in [0.29, 0.717) is 28.6 Å². The number of ether oxygens (including phenoxy) is 4. The van der Waals surface area contributed by atoms with E-state index in [1.807, 2.05) is 0 Å². The molecule has 1 aromatic carbocycles. The molecule has 7 nitrogen and oxygen atoms in total. The van der Waals surface area contributed by atoms with Crippen molar-refractivity contribution in [3.05, 3.63) is 45.5 Å². The van der Waals surface area contributed by atoms with E-state index >= 15 is 0 Å². The van der Waals surface area contributed by atoms with E-state index in [2.05, 4.69) is 0 Å². The first kappa shape index (κ1) is 16.9. The molecule has 0 fully saturated rings. The van der Waals surface area contributed by atoms with Crippen molar-refractivity contribution in [1.82, 2.24) is 0 Å². The highest BCUT2D eigenvalue weighted by Gasteiger charge is 2.34. The zero-order valence-electron chi connectivity index (χ0n) is 14.4. The van der Waals surface area contributed by atoms with Crippen LogP contribution in [0.5, 0.6) is 23.0 Å². The Kier molecular flexibility index (Phi) is 4.39. The van der Waals surface area contributed by atoms with Gasteiger partial charge in [-0.3, -0.25) is 4.79 Å². The Morgan fingerprint density at radius 3 is 2.24 bits per heavy atom. The summed E-state index contributed by atoms with van der Waals surface area (Å²) in [5.74, 6) is 1.02. The molecular weight excluding hydrogens is 328 g/mol. The molecule has 0 amide bonds. The summed E-state index contributed by atoms with van der Waals surface area (Å²) in [5, 5.41) is 0. The van der Waals surface area contributed by atoms with Crippen LogP contribution in [-0.4, -0.2) is 27.3 Å². The number of fused-ring (bicyclic) bond motifs is 1. The van der Waals surface area contributed by atoms with Crippen LogP contribution in [-0.2, 0) is 4.79 Å². The van der Waals surface area contributed by atoms with Crippen LogP contribution in [0.4, 0.5) is 0 Å². The first-order valence-electron chi connectivity index (χ1n) is 7.63. The molecule has 2 heterocycles. The summed E-state index contributed by atoms with van der Waals surface area (Å²) in [4.78, 5) is 24.5. The molecule has 1 aliphatic heterocycles. The molecule has 0 unspecified atom stereocenters. The highest BCUT2D eigenvalue weighted by atomic mass is 16.5. The van der Waals surface area contributed by atoms with Gasteiger partial charge in [0.25, 0.3) is 0 Å². The molecule has 0 aliphatic carbocycles. The van der Waals surface area contributed by atoms with Crippen molar-refractivity contribution in [2.45, 2.75) is 19.3 Å². The smallest absolute Gasteiger partial charge is 0.343 e. The molecule has 2 aromatic rings. The predicted molar refractivity (Wildman–Crippen MR) is 87.9 cm³/mol. The van der Waals surface area contributed by atoms with Crippen molar-refractivity contribution < 1.29 is 28.2 Å². The fourth-order valence-corrected chi connectivity index (χ4v) is 3.02. The minimum Gasteiger partial charge on any atom is -0.496 e. The Balaban J connectivity index is 2.24. The molecule has 1 aromatic heterocycles. The van der Waals surface area contributed by atoms with Gasteiger partial charge in [-0.05, 0) is 13.0 Å². The first-order chi connectivity index (χ1) is 12.0. The van der Waals surface area contributed by atoms with Gasteiger partial charge in [-0.1, -0.05) is 0 Å². The van der Waals surface area contributed by atoms with Crippen molar-refractivity contribution in [3.63, 3.8) is 0 Å². The summed E-state index contributed by atoms with van der Waals surface area (Å²) in [6.07, 6.45) is -0.00728. The lowest BCUT2D eigenvalue weighted by Crippen LogP contribution is -2.27. The van der Waals surface area contributed by atoms with Gasteiger partial charge in [-0.2, -0.15) is 0 Å². The molecule has 0 saturated carbocycles. The third-order valence-corrected chi connectivity index (χ3v) is 4.13. The van der Waals surface area contributed by atoms with Crippen LogP contribution in [0, 0.1) is 6.92 Å². The molecule has 132 valence electrons. The van der Waals surface area contributed by atoms with Gasteiger partial charge >= 0.3 is 11.6 Å². The maximum absolute atomic E-state index is 12.4. The second kappa shape index (κ2) is 6.51. The van der Waals surface area contributed by atoms with E-state index < -0.39 is 17.5 Å². The van der Waals surface area contributed by atoms with Gasteiger partial charge in [0.15, 0.2) is 11.5 Å². The van der Waals surface area contributed by atoms with Gasteiger partial charge in [0.1, 0.15) is 17.3 Å². The molecule has 0 bridgehead atoms. The quantitative estimate of drug-likeness (QED) is 0.786. The molecule has 1 aliphatic rings. The minimum absolute atomic E-state index is 0.00728. The predicted octanol–water partition coefficient (Wildman–Crippen LogP) is 2.42. The fraction of sp³-hybridized carbons (Fsp3) is 0.333. The second-order valence-electron chi connectivity index (χ2n) is 5.60. The highest BCUT2D eigenvalue weighted by Crippen LogP contribution is 2.44. The average molecular weight is 346 g/mol. The molecule has 1 atom stereocenters. The van der Waals surface area contributed by atoms with Gasteiger partial charge in [-0.25, -0.2) is 4.79 Å². The number of methoxy groups -OCH3 is 3. The molecule has 7 heteroatoms. The van der Waals surface area contributed by atoms with Gasteiger partial charge in [-0.15, -0.1) is 0 Å². The molecular formula is C18H18O7. The van der Waals surface area contributed by atoms with Gasteiger partial charge in [0.2, 0.25) is 0 Å². The number of hydrogen-bond acceptors (Lipinski definition) is 7. The maximum atomic E-state index is 12.4. The average Bonchev–Trinajstić information content (AvgIpc) is 2.58. The summed E-state index contributed by atoms with van der Waals surface area (Å²) in [6.45, 7) is 1.62. The van der Waals surface area contributed by atoms with E-state index in [1.165, 1.54) is 27.4 Å². The van der Waals surface area contributed by atoms with Gasteiger partial charge < -0.3 is 23.4 Å². The Bertz CT molecular complexity index is 882. The van der Waals surface area contributed by atoms with Crippen LogP contribution in [0.1, 0.15) is 29.2 Å². The fourth-order valence-electron chi connectivity index (χ4n) is 3.02. The van der Waals surface area contributed by atoms with E-state index in [1.54, 1.807) is 19.1 Å². The SMILES string of the molecule is COc1cc(OC)c([C@H]2CC(=O)Oc3cc(C)oc(=O)c32)cc1OC. The topological polar surface area (TPSA) is 84.2 Å². The highest BCUT2D eigenvalue weighted by molar-refractivity contribution is 5.78. The number of esters is 1. The van der Waals surface area contributed by atoms with Crippen LogP contribution < -0.4 is 24.6 Å². The number of hydrogen-bond donors (Lipinski definition) is 0. The number of rotatable bonds is 4. The summed E-state index contributed by atoms with van der Waals surface area (Å²) in [7, 11) is 4.53. The first-order valence-corrected chi connectivity index (χ1v) is 7.63. The largest absolute Gasteiger partial charge is 0.496 e. The lowest BCUT2D eigenvalue weighted by molar-refractivity contribution is -0.135. The van der Waals surface area contributed by atoms with E-state index in [9.17, 15) is 9.59 Å². The zero-order valence-corrected chi connectivity index (χ0v) is 14.4. The molecule has 25 heavy (non-hydrogen) atoms. The van der Waals surface area contributed by atoms with Gasteiger partial charge in [0.05, 0.1) is 33.3 Å². The molecule has 0 N–H and O–H groups in total. The van der Waals surface area contributed by atoms with Crippen LogP contribution in [0.2, 0.25) is 0 Å². The third-order valence-electron chi connectivity index (χ3n) is 4.13. The van der Waals surface area contributed by atoms with Crippen molar-refractivity contribution in [2.24, 2.45) is 0 Å².